The van der Waals surface area contributed by atoms with Gasteiger partial charge in [0.15, 0.2) is 5.75 Å². The first-order valence-electron chi connectivity index (χ1n) is 6.31. The highest BCUT2D eigenvalue weighted by molar-refractivity contribution is 6.37. The molecule has 0 radical (unpaired) electrons. The number of nitrogens with one attached hydrogen (secondary N) is 1. The van der Waals surface area contributed by atoms with Crippen LogP contribution in [-0.2, 0) is 6.54 Å². The van der Waals surface area contributed by atoms with Crippen LogP contribution in [-0.4, -0.2) is 6.61 Å². The highest BCUT2D eigenvalue weighted by Gasteiger charge is 2.09. The summed E-state index contributed by atoms with van der Waals surface area (Å²) in [5.74, 6) is 0.0313. The molecule has 0 saturated heterocycles. The van der Waals surface area contributed by atoms with E-state index < -0.39 is 5.82 Å². The largest absolute Gasteiger partial charge is 0.491 e. The van der Waals surface area contributed by atoms with Crippen LogP contribution in [0.2, 0.25) is 15.1 Å². The maximum atomic E-state index is 13.1. The lowest BCUT2D eigenvalue weighted by molar-refractivity contribution is 0.340. The first kappa shape index (κ1) is 16.2. The van der Waals surface area contributed by atoms with Crippen molar-refractivity contribution in [1.29, 1.82) is 0 Å². The third-order valence-electron chi connectivity index (χ3n) is 2.76. The number of hydrogen-bond acceptors (Lipinski definition) is 2. The van der Waals surface area contributed by atoms with Crippen LogP contribution in [0.4, 0.5) is 10.1 Å². The highest BCUT2D eigenvalue weighted by atomic mass is 35.5. The van der Waals surface area contributed by atoms with Gasteiger partial charge >= 0.3 is 0 Å². The molecule has 0 spiro atoms. The van der Waals surface area contributed by atoms with Crippen molar-refractivity contribution in [3.63, 3.8) is 0 Å². The summed E-state index contributed by atoms with van der Waals surface area (Å²) in [6, 6.07) is 7.99. The molecule has 2 nitrogen and oxygen atoms in total. The van der Waals surface area contributed by atoms with E-state index in [1.165, 1.54) is 12.1 Å². The van der Waals surface area contributed by atoms with Crippen molar-refractivity contribution in [2.45, 2.75) is 13.5 Å². The van der Waals surface area contributed by atoms with Gasteiger partial charge in [0.05, 0.1) is 21.7 Å². The van der Waals surface area contributed by atoms with Crippen LogP contribution < -0.4 is 10.1 Å². The van der Waals surface area contributed by atoms with E-state index in [9.17, 15) is 4.39 Å². The molecule has 2 rings (SSSR count). The van der Waals surface area contributed by atoms with Crippen molar-refractivity contribution in [3.8, 4) is 5.75 Å². The molecule has 0 saturated carbocycles. The van der Waals surface area contributed by atoms with Gasteiger partial charge in [0.2, 0.25) is 0 Å². The summed E-state index contributed by atoms with van der Waals surface area (Å²) in [6.45, 7) is 2.83. The predicted molar refractivity (Wildman–Crippen MR) is 86.4 cm³/mol. The van der Waals surface area contributed by atoms with E-state index in [0.717, 1.165) is 5.56 Å². The zero-order valence-corrected chi connectivity index (χ0v) is 13.5. The molecule has 0 fully saturated rings. The molecule has 0 heterocycles. The molecule has 0 aliphatic rings. The Morgan fingerprint density at radius 3 is 2.29 bits per heavy atom. The molecule has 0 atom stereocenters. The van der Waals surface area contributed by atoms with Crippen molar-refractivity contribution < 1.29 is 9.13 Å². The molecular formula is C15H13Cl3FNO. The standard InChI is InChI=1S/C15H13Cl3FNO/c1-2-21-15-12(17)5-9(6-13(15)18)8-20-10-3-4-14(19)11(16)7-10/h3-7,20H,2,8H2,1H3. The van der Waals surface area contributed by atoms with Gasteiger partial charge in [-0.2, -0.15) is 0 Å². The molecule has 112 valence electrons. The van der Waals surface area contributed by atoms with Gasteiger partial charge in [-0.05, 0) is 42.8 Å². The van der Waals surface area contributed by atoms with Crippen LogP contribution in [0.5, 0.6) is 5.75 Å². The summed E-state index contributed by atoms with van der Waals surface area (Å²) in [5.41, 5.74) is 1.59. The van der Waals surface area contributed by atoms with Crippen LogP contribution in [0, 0.1) is 5.82 Å². The molecule has 21 heavy (non-hydrogen) atoms. The fourth-order valence-electron chi connectivity index (χ4n) is 1.81. The van der Waals surface area contributed by atoms with Gasteiger partial charge < -0.3 is 10.1 Å². The third-order valence-corrected chi connectivity index (χ3v) is 3.61. The van der Waals surface area contributed by atoms with Gasteiger partial charge in [-0.3, -0.25) is 0 Å². The summed E-state index contributed by atoms with van der Waals surface area (Å²) in [4.78, 5) is 0. The Morgan fingerprint density at radius 1 is 1.05 bits per heavy atom. The average molecular weight is 349 g/mol. The summed E-state index contributed by atoms with van der Waals surface area (Å²) in [5, 5.41) is 4.11. The minimum Gasteiger partial charge on any atom is -0.491 e. The summed E-state index contributed by atoms with van der Waals surface area (Å²) >= 11 is 18.0. The first-order chi connectivity index (χ1) is 10.0. The van der Waals surface area contributed by atoms with Crippen LogP contribution in [0.15, 0.2) is 30.3 Å². The van der Waals surface area contributed by atoms with Crippen molar-refractivity contribution in [3.05, 3.63) is 56.8 Å². The van der Waals surface area contributed by atoms with E-state index in [1.807, 2.05) is 6.92 Å². The van der Waals surface area contributed by atoms with E-state index in [1.54, 1.807) is 18.2 Å². The monoisotopic (exact) mass is 347 g/mol. The predicted octanol–water partition coefficient (Wildman–Crippen LogP) is 5.80. The fourth-order valence-corrected chi connectivity index (χ4v) is 2.63. The number of ether oxygens (including phenoxy) is 1. The molecule has 0 aliphatic carbocycles. The molecule has 1 N–H and O–H groups in total. The van der Waals surface area contributed by atoms with Gasteiger partial charge in [0.25, 0.3) is 0 Å². The lowest BCUT2D eigenvalue weighted by atomic mass is 10.2. The third kappa shape index (κ3) is 4.16. The van der Waals surface area contributed by atoms with Crippen molar-refractivity contribution in [2.75, 3.05) is 11.9 Å². The van der Waals surface area contributed by atoms with E-state index in [2.05, 4.69) is 5.32 Å². The Morgan fingerprint density at radius 2 is 1.71 bits per heavy atom. The van der Waals surface area contributed by atoms with Crippen LogP contribution in [0.1, 0.15) is 12.5 Å². The normalized spacial score (nSPS) is 10.5. The maximum Gasteiger partial charge on any atom is 0.156 e. The van der Waals surface area contributed by atoms with E-state index >= 15 is 0 Å². The number of benzene rings is 2. The Bertz CT molecular complexity index is 626. The maximum absolute atomic E-state index is 13.1. The molecule has 6 heteroatoms. The van der Waals surface area contributed by atoms with Crippen LogP contribution in [0.3, 0.4) is 0 Å². The fraction of sp³-hybridized carbons (Fsp3) is 0.200. The second-order valence-corrected chi connectivity index (χ2v) is 5.53. The smallest absolute Gasteiger partial charge is 0.156 e. The Kier molecular flexibility index (Phi) is 5.57. The van der Waals surface area contributed by atoms with Crippen LogP contribution >= 0.6 is 34.8 Å². The van der Waals surface area contributed by atoms with Gasteiger partial charge in [-0.15, -0.1) is 0 Å². The summed E-state index contributed by atoms with van der Waals surface area (Å²) < 4.78 is 18.4. The number of rotatable bonds is 5. The SMILES string of the molecule is CCOc1c(Cl)cc(CNc2ccc(F)c(Cl)c2)cc1Cl. The molecule has 0 aliphatic heterocycles. The first-order valence-corrected chi connectivity index (χ1v) is 7.44. The van der Waals surface area contributed by atoms with E-state index in [0.29, 0.717) is 34.6 Å². The topological polar surface area (TPSA) is 21.3 Å². The second-order valence-electron chi connectivity index (χ2n) is 4.30. The summed E-state index contributed by atoms with van der Waals surface area (Å²) in [7, 11) is 0. The van der Waals surface area contributed by atoms with Crippen molar-refractivity contribution >= 4 is 40.5 Å². The molecule has 2 aromatic rings. The lowest BCUT2D eigenvalue weighted by Crippen LogP contribution is -2.01. The number of hydrogen-bond donors (Lipinski definition) is 1. The Hall–Kier alpha value is -1.16. The van der Waals surface area contributed by atoms with Crippen molar-refractivity contribution in [2.24, 2.45) is 0 Å². The number of anilines is 1. The van der Waals surface area contributed by atoms with Gasteiger partial charge in [0, 0.05) is 12.2 Å². The molecule has 0 aromatic heterocycles. The molecule has 0 amide bonds. The van der Waals surface area contributed by atoms with Gasteiger partial charge in [-0.1, -0.05) is 34.8 Å². The molecule has 0 bridgehead atoms. The average Bonchev–Trinajstić information content (AvgIpc) is 2.44. The van der Waals surface area contributed by atoms with E-state index in [4.69, 9.17) is 39.5 Å². The second kappa shape index (κ2) is 7.21. The molecule has 0 unspecified atom stereocenters. The Labute approximate surface area is 137 Å². The van der Waals surface area contributed by atoms with Gasteiger partial charge in [-0.25, -0.2) is 4.39 Å². The minimum absolute atomic E-state index is 0.0720. The highest BCUT2D eigenvalue weighted by Crippen LogP contribution is 2.34. The lowest BCUT2D eigenvalue weighted by Gasteiger charge is -2.12. The van der Waals surface area contributed by atoms with E-state index in [-0.39, 0.29) is 5.02 Å². The minimum atomic E-state index is -0.450. The quantitative estimate of drug-likeness (QED) is 0.737. The van der Waals surface area contributed by atoms with Crippen LogP contribution in [0.25, 0.3) is 0 Å². The number of halogens is 4. The molecule has 2 aromatic carbocycles. The van der Waals surface area contributed by atoms with Crippen molar-refractivity contribution in [1.82, 2.24) is 0 Å². The molecular weight excluding hydrogens is 336 g/mol. The zero-order chi connectivity index (χ0) is 15.4. The van der Waals surface area contributed by atoms with Gasteiger partial charge in [0.1, 0.15) is 5.82 Å². The zero-order valence-electron chi connectivity index (χ0n) is 11.2. The Balaban J connectivity index is 2.11. The summed E-state index contributed by atoms with van der Waals surface area (Å²) in [6.07, 6.45) is 0.